The van der Waals surface area contributed by atoms with Gasteiger partial charge < -0.3 is 147 Å². The number of amides is 8. The molecule has 11 heterocycles. The number of phenols is 3. The molecule has 144 heavy (non-hydrogen) atoms. The zero-order valence-electron chi connectivity index (χ0n) is 79.8. The van der Waals surface area contributed by atoms with Crippen LogP contribution in [0.15, 0.2) is 115 Å². The number of rotatable bonds is 28. The van der Waals surface area contributed by atoms with Gasteiger partial charge in [0.2, 0.25) is 71.3 Å². The van der Waals surface area contributed by atoms with Crippen molar-refractivity contribution in [3.63, 3.8) is 0 Å². The van der Waals surface area contributed by atoms with Crippen LogP contribution in [-0.2, 0) is 59.0 Å². The highest BCUT2D eigenvalue weighted by atomic mass is 35.5. The van der Waals surface area contributed by atoms with Gasteiger partial charge in [0.05, 0.1) is 22.6 Å². The van der Waals surface area contributed by atoms with E-state index in [1.807, 2.05) is 4.90 Å². The molecule has 41 nitrogen and oxygen atoms in total. The summed E-state index contributed by atoms with van der Waals surface area (Å²) in [5.41, 5.74) is -2.29. The molecule has 11 aliphatic rings. The van der Waals surface area contributed by atoms with Gasteiger partial charge in [0.1, 0.15) is 132 Å². The van der Waals surface area contributed by atoms with Gasteiger partial charge in [-0.2, -0.15) is 0 Å². The first kappa shape index (κ1) is 105. The van der Waals surface area contributed by atoms with E-state index in [4.69, 9.17) is 60.9 Å². The molecule has 7 aromatic rings. The molecule has 0 radical (unpaired) electrons. The lowest BCUT2D eigenvalue weighted by Gasteiger charge is -2.43. The molecule has 7 aromatic carbocycles. The zero-order chi connectivity index (χ0) is 102. The molecule has 0 spiro atoms. The maximum atomic E-state index is 17.4. The fourth-order valence-electron chi connectivity index (χ4n) is 19.7. The minimum absolute atomic E-state index is 0.0812. The molecular formula is C100H122Cl2N13O28P. The smallest absolute Gasteiger partial charge is 0.417 e. The Bertz CT molecular complexity index is 5840. The number of carbonyl (C=O) groups is 9. The molecule has 0 saturated carbocycles. The molecule has 0 aromatic heterocycles. The third-order valence-electron chi connectivity index (χ3n) is 27.4. The van der Waals surface area contributed by atoms with E-state index in [1.165, 1.54) is 67.7 Å². The van der Waals surface area contributed by atoms with Crippen LogP contribution in [0.1, 0.15) is 191 Å². The van der Waals surface area contributed by atoms with Crippen LogP contribution in [0.2, 0.25) is 10.0 Å². The van der Waals surface area contributed by atoms with Crippen LogP contribution in [-0.4, -0.2) is 277 Å². The molecule has 774 valence electrons. The number of aliphatic hydroxyl groups excluding tert-OH is 7. The van der Waals surface area contributed by atoms with Crippen LogP contribution in [0.4, 0.5) is 0 Å². The molecule has 0 unspecified atom stereocenters. The largest absolute Gasteiger partial charge is 0.547 e. The number of carboxylic acid groups (broad SMARTS) is 1. The summed E-state index contributed by atoms with van der Waals surface area (Å²) in [4.78, 5) is 144. The number of ether oxygens (including phenoxy) is 7. The molecule has 17 bridgehead atoms. The fraction of sp³-hybridized carbons (Fsp3) is 0.490. The minimum Gasteiger partial charge on any atom is -0.547 e. The van der Waals surface area contributed by atoms with Gasteiger partial charge in [0.25, 0.3) is 0 Å². The maximum Gasteiger partial charge on any atom is 0.417 e. The van der Waals surface area contributed by atoms with Gasteiger partial charge in [-0.05, 0) is 185 Å². The summed E-state index contributed by atoms with van der Waals surface area (Å²) in [7, 11) is 1.81. The van der Waals surface area contributed by atoms with Gasteiger partial charge >= 0.3 is 7.94 Å². The Labute approximate surface area is 840 Å². The first-order valence-corrected chi connectivity index (χ1v) is 51.1. The van der Waals surface area contributed by atoms with Crippen LogP contribution in [0.5, 0.6) is 69.0 Å². The van der Waals surface area contributed by atoms with Crippen molar-refractivity contribution >= 4 is 84.4 Å². The second kappa shape index (κ2) is 46.4. The van der Waals surface area contributed by atoms with Crippen LogP contribution >= 0.6 is 31.1 Å². The average Bonchev–Trinajstić information content (AvgIpc) is 1.71. The van der Waals surface area contributed by atoms with E-state index in [9.17, 15) is 65.8 Å². The quantitative estimate of drug-likeness (QED) is 0.0209. The van der Waals surface area contributed by atoms with E-state index in [1.54, 1.807) is 14.1 Å². The van der Waals surface area contributed by atoms with Gasteiger partial charge in [0.15, 0.2) is 23.0 Å². The number of benzene rings is 7. The summed E-state index contributed by atoms with van der Waals surface area (Å²) in [6, 6.07) is 7.26. The van der Waals surface area contributed by atoms with Crippen LogP contribution < -0.4 is 81.2 Å². The van der Waals surface area contributed by atoms with Crippen LogP contribution in [0.3, 0.4) is 0 Å². The fourth-order valence-corrected chi connectivity index (χ4v) is 24.5. The Morgan fingerprint density at radius 1 is 0.542 bits per heavy atom. The number of hydrogen-bond donors (Lipinski definition) is 19. The lowest BCUT2D eigenvalue weighted by Crippen LogP contribution is -2.67. The number of aromatic hydroxyl groups is 3. The Morgan fingerprint density at radius 3 is 1.79 bits per heavy atom. The second-order valence-electron chi connectivity index (χ2n) is 37.8. The number of phenolic OH excluding ortho intramolecular Hbond substituents is 3. The van der Waals surface area contributed by atoms with E-state index in [0.29, 0.717) is 70.6 Å². The number of nitrogens with one attached hydrogen (secondary N) is 9. The third kappa shape index (κ3) is 23.1. The number of unbranched alkanes of at least 4 members (excludes halogenated alkanes) is 8. The SMILES string of the molecule is CCCCCCCCCCCC(=O)N[C@H]1[C@H](Oc2c3cc4cc2Oc2ccc(cc2Cl)[C@@H](O)[C@@H]2NC(=O)[C@H](NC(=O)[C@@H]4NC(=O)[C@H]4NC(=O)[C@@H](Cc5ccc(cc5)O3)NC(=O)[C@H](NC)c3ccc(O)c(c3)Oc3cc(O[P+](N5CCCC5)(N5CCCC5)N5CCCC5)c(Cl)c4c3)c3ccc(O)c(c3)-c3c(O[C@H]4O[C@H](CO)[C@@H](O)[C@H](O)[C@@H]4O)cc(O)cc3[C@H](C(=O)NCCCN(C)C)NC2=O)O[C@H](C(=O)[O-])[C@@H](O)[C@@H]1O. The molecular weight excluding hydrogens is 1930 g/mol. The predicted octanol–water partition coefficient (Wildman–Crippen LogP) is 5.62. The first-order chi connectivity index (χ1) is 69.2. The minimum atomic E-state index is -3.22. The van der Waals surface area contributed by atoms with Crippen molar-refractivity contribution in [2.24, 2.45) is 0 Å². The highest BCUT2D eigenvalue weighted by molar-refractivity contribution is 7.64. The number of aliphatic hydroxyl groups is 7. The topological polar surface area (TPSA) is 574 Å². The number of hydrogen-bond acceptors (Lipinski definition) is 33. The summed E-state index contributed by atoms with van der Waals surface area (Å²) >= 11 is 15.5. The number of nitrogens with zero attached hydrogens (tertiary/aromatic N) is 4. The predicted molar refractivity (Wildman–Crippen MR) is 518 cm³/mol. The van der Waals surface area contributed by atoms with Crippen molar-refractivity contribution in [3.05, 3.63) is 164 Å². The molecule has 0 aliphatic carbocycles. The number of halogens is 2. The average molecular weight is 2060 g/mol. The lowest BCUT2D eigenvalue weighted by atomic mass is 9.89. The Hall–Kier alpha value is -11.6. The number of carbonyl (C=O) groups excluding carboxylic acids is 9. The van der Waals surface area contributed by atoms with Crippen molar-refractivity contribution in [3.8, 4) is 80.1 Å². The number of carboxylic acids is 1. The highest BCUT2D eigenvalue weighted by Gasteiger charge is 2.63. The van der Waals surface area contributed by atoms with Gasteiger partial charge in [-0.15, -0.1) is 14.0 Å². The Kier molecular flexibility index (Phi) is 33.9. The first-order valence-electron chi connectivity index (χ1n) is 48.8. The van der Waals surface area contributed by atoms with Crippen molar-refractivity contribution in [2.75, 3.05) is 80.1 Å². The molecule has 19 N–H and O–H groups in total. The maximum absolute atomic E-state index is 17.4. The van der Waals surface area contributed by atoms with Crippen molar-refractivity contribution in [1.82, 2.24) is 66.8 Å². The number of fused-ring (bicyclic) bond motifs is 14. The van der Waals surface area contributed by atoms with Crippen molar-refractivity contribution < 1.29 is 137 Å². The van der Waals surface area contributed by atoms with E-state index in [0.717, 1.165) is 138 Å². The van der Waals surface area contributed by atoms with Crippen molar-refractivity contribution in [2.45, 2.75) is 232 Å². The van der Waals surface area contributed by atoms with Gasteiger partial charge in [0, 0.05) is 87.5 Å². The van der Waals surface area contributed by atoms with Crippen molar-refractivity contribution in [1.29, 1.82) is 0 Å². The van der Waals surface area contributed by atoms with E-state index in [2.05, 4.69) is 68.8 Å². The Balaban J connectivity index is 0.930. The van der Waals surface area contributed by atoms with Crippen LogP contribution in [0, 0.1) is 0 Å². The normalized spacial score (nSPS) is 26.4. The molecule has 5 fully saturated rings. The Morgan fingerprint density at radius 2 is 1.15 bits per heavy atom. The number of aliphatic carboxylic acids is 1. The van der Waals surface area contributed by atoms with Crippen LogP contribution in [0.25, 0.3) is 11.1 Å². The van der Waals surface area contributed by atoms with E-state index in [-0.39, 0.29) is 64.1 Å². The molecule has 11 aliphatic heterocycles. The van der Waals surface area contributed by atoms with Gasteiger partial charge in [-0.3, -0.25) is 42.9 Å². The van der Waals surface area contributed by atoms with Gasteiger partial charge in [-0.25, -0.2) is 0 Å². The number of likely N-dealkylation sites (N-methyl/N-ethyl adjacent to an activating group) is 1. The second-order valence-corrected chi connectivity index (χ2v) is 41.5. The summed E-state index contributed by atoms with van der Waals surface area (Å²) in [6.07, 6.45) is -8.92. The molecule has 8 amide bonds. The lowest BCUT2D eigenvalue weighted by molar-refractivity contribution is -0.336. The standard InChI is InChI=1S/C100H122Cl2N13O28P/c1-5-6-7-8-9-10-11-12-13-21-73(120)106-82-85(123)87(125)90(98(134)135)142-99(82)141-89-70-44-55-45-71(89)138-66-31-26-54(42-62(66)101)83(121)81-97(133)110-79(92(128)104-32-20-33-112(3)4)60-46-56(117)47-68(139-100-88(126)86(124)84(122)72(50-116)140-100)74(60)59-41-52(24-29-64(59)118)77(94(130)111-81)107-95(131)78(55)108-96(132)80-61-48-58(49-69(75(61)102)143-144(113-34-14-15-35-113,114-36-16-17-37-114)115-38-18-19-39-115)137-67-43-53(25-30-65(67)119)76(103-2)93(129)105-63(91(127)109-80)40-51-22-27-57(136-70)28-23-51/h22-31,41-49,63,72,76-88,90,99-100,103,116,121-126H,5-21,32-40,50H2,1-4H3,(H11-,104,105,106,107,108,109,110,111,117,118,119,120,127,128,129,130,131,132,133,134,135)/t63-,72-,76-,77-,78-,79-,80+,81+,82-,83-,84-,85-,86+,87+,88+,90+,99-,100+/m1/s1. The molecule has 44 heteroatoms. The van der Waals surface area contributed by atoms with E-state index < -0.39 is 256 Å². The monoisotopic (exact) mass is 2050 g/mol. The molecule has 5 saturated heterocycles. The van der Waals surface area contributed by atoms with Gasteiger partial charge in [-0.1, -0.05) is 112 Å². The zero-order valence-corrected chi connectivity index (χ0v) is 82.2. The summed E-state index contributed by atoms with van der Waals surface area (Å²) in [5, 5.41) is 155. The summed E-state index contributed by atoms with van der Waals surface area (Å²) < 4.78 is 60.5. The molecule has 18 atom stereocenters. The van der Waals surface area contributed by atoms with E-state index >= 15 is 33.6 Å². The summed E-state index contributed by atoms with van der Waals surface area (Å²) in [5.74, 6) is -16.8. The summed E-state index contributed by atoms with van der Waals surface area (Å²) in [6.45, 7) is 5.14. The third-order valence-corrected chi connectivity index (χ3v) is 31.9. The highest BCUT2D eigenvalue weighted by Crippen LogP contribution is 2.71. The molecule has 18 rings (SSSR count).